The molecule has 1 fully saturated rings. The van der Waals surface area contributed by atoms with Gasteiger partial charge in [0, 0.05) is 39.1 Å². The van der Waals surface area contributed by atoms with Crippen molar-refractivity contribution in [3.63, 3.8) is 0 Å². The van der Waals surface area contributed by atoms with Crippen molar-refractivity contribution in [3.05, 3.63) is 30.1 Å². The molecule has 2 aromatic heterocycles. The number of nitrogen functional groups attached to an aromatic ring is 1. The highest BCUT2D eigenvalue weighted by Crippen LogP contribution is 2.19. The number of hydrogen-bond acceptors (Lipinski definition) is 7. The maximum Gasteiger partial charge on any atom is 0.231 e. The van der Waals surface area contributed by atoms with Gasteiger partial charge in [0.1, 0.15) is 0 Å². The monoisotopic (exact) mass is 285 g/mol. The summed E-state index contributed by atoms with van der Waals surface area (Å²) in [6.07, 6.45) is 5.94. The van der Waals surface area contributed by atoms with Crippen LogP contribution in [0, 0.1) is 0 Å². The fourth-order valence-corrected chi connectivity index (χ4v) is 2.43. The zero-order chi connectivity index (χ0) is 14.7. The topological polar surface area (TPSA) is 84.1 Å². The van der Waals surface area contributed by atoms with E-state index in [9.17, 15) is 0 Å². The van der Waals surface area contributed by atoms with Gasteiger partial charge in [-0.15, -0.1) is 0 Å². The van der Waals surface area contributed by atoms with Crippen LogP contribution in [0.25, 0.3) is 0 Å². The van der Waals surface area contributed by atoms with E-state index in [2.05, 4.69) is 24.8 Å². The van der Waals surface area contributed by atoms with Gasteiger partial charge in [-0.2, -0.15) is 15.0 Å². The Balaban J connectivity index is 1.80. The number of aromatic nitrogens is 4. The average Bonchev–Trinajstić information content (AvgIpc) is 3.02. The molecule has 110 valence electrons. The van der Waals surface area contributed by atoms with Gasteiger partial charge >= 0.3 is 0 Å². The lowest BCUT2D eigenvalue weighted by Gasteiger charge is -2.20. The maximum absolute atomic E-state index is 5.83. The largest absolute Gasteiger partial charge is 0.368 e. The van der Waals surface area contributed by atoms with Crippen LogP contribution in [0.5, 0.6) is 0 Å². The lowest BCUT2D eigenvalue weighted by molar-refractivity contribution is 0.826. The minimum atomic E-state index is 0.264. The van der Waals surface area contributed by atoms with Gasteiger partial charge in [0.2, 0.25) is 17.8 Å². The Labute approximate surface area is 123 Å². The standard InChI is InChI=1S/C14H19N7/c1-20(10-11-5-4-6-16-9-11)13-17-12(15)18-14(19-13)21-7-2-3-8-21/h4-6,9H,2-3,7-8,10H2,1H3,(H2,15,17,18,19). The molecule has 3 rings (SSSR count). The molecule has 21 heavy (non-hydrogen) atoms. The van der Waals surface area contributed by atoms with Crippen LogP contribution in [0.15, 0.2) is 24.5 Å². The summed E-state index contributed by atoms with van der Waals surface area (Å²) in [7, 11) is 1.94. The van der Waals surface area contributed by atoms with E-state index in [1.807, 2.05) is 30.3 Å². The van der Waals surface area contributed by atoms with Crippen molar-refractivity contribution in [2.24, 2.45) is 0 Å². The molecule has 0 bridgehead atoms. The first-order valence-electron chi connectivity index (χ1n) is 7.09. The Morgan fingerprint density at radius 3 is 2.76 bits per heavy atom. The van der Waals surface area contributed by atoms with Gasteiger partial charge in [0.15, 0.2) is 0 Å². The van der Waals surface area contributed by atoms with Crippen LogP contribution < -0.4 is 15.5 Å². The van der Waals surface area contributed by atoms with Crippen LogP contribution >= 0.6 is 0 Å². The first-order chi connectivity index (χ1) is 10.2. The van der Waals surface area contributed by atoms with E-state index < -0.39 is 0 Å². The van der Waals surface area contributed by atoms with Gasteiger partial charge in [-0.1, -0.05) is 6.07 Å². The second-order valence-electron chi connectivity index (χ2n) is 5.21. The van der Waals surface area contributed by atoms with E-state index in [1.54, 1.807) is 6.20 Å². The van der Waals surface area contributed by atoms with Crippen molar-refractivity contribution < 1.29 is 0 Å². The molecule has 3 heterocycles. The molecule has 0 spiro atoms. The Hall–Kier alpha value is -2.44. The van der Waals surface area contributed by atoms with Crippen LogP contribution in [-0.4, -0.2) is 40.1 Å². The molecule has 1 saturated heterocycles. The molecule has 2 aromatic rings. The fourth-order valence-electron chi connectivity index (χ4n) is 2.43. The second-order valence-corrected chi connectivity index (χ2v) is 5.21. The summed E-state index contributed by atoms with van der Waals surface area (Å²) in [5, 5.41) is 0. The minimum absolute atomic E-state index is 0.264. The van der Waals surface area contributed by atoms with E-state index in [0.717, 1.165) is 18.7 Å². The zero-order valence-electron chi connectivity index (χ0n) is 12.1. The SMILES string of the molecule is CN(Cc1cccnc1)c1nc(N)nc(N2CCCC2)n1. The zero-order valence-corrected chi connectivity index (χ0v) is 12.1. The Morgan fingerprint density at radius 2 is 2.05 bits per heavy atom. The number of nitrogens with two attached hydrogens (primary N) is 1. The van der Waals surface area contributed by atoms with E-state index in [0.29, 0.717) is 18.4 Å². The minimum Gasteiger partial charge on any atom is -0.368 e. The van der Waals surface area contributed by atoms with Crippen LogP contribution in [0.1, 0.15) is 18.4 Å². The molecule has 1 aliphatic heterocycles. The summed E-state index contributed by atoms with van der Waals surface area (Å²) >= 11 is 0. The van der Waals surface area contributed by atoms with E-state index >= 15 is 0 Å². The van der Waals surface area contributed by atoms with Crippen LogP contribution in [0.4, 0.5) is 17.8 Å². The Kier molecular flexibility index (Phi) is 3.81. The predicted molar refractivity (Wildman–Crippen MR) is 82.0 cm³/mol. The summed E-state index contributed by atoms with van der Waals surface area (Å²) in [5.74, 6) is 1.53. The van der Waals surface area contributed by atoms with Crippen LogP contribution in [-0.2, 0) is 6.54 Å². The molecule has 2 N–H and O–H groups in total. The number of anilines is 3. The summed E-state index contributed by atoms with van der Waals surface area (Å²) in [5.41, 5.74) is 6.93. The first kappa shape index (κ1) is 13.5. The third-order valence-corrected chi connectivity index (χ3v) is 3.50. The highest BCUT2D eigenvalue weighted by molar-refractivity contribution is 5.44. The Bertz CT molecular complexity index is 596. The van der Waals surface area contributed by atoms with Crippen molar-refractivity contribution in [2.45, 2.75) is 19.4 Å². The van der Waals surface area contributed by atoms with E-state index in [1.165, 1.54) is 12.8 Å². The Morgan fingerprint density at radius 1 is 1.24 bits per heavy atom. The van der Waals surface area contributed by atoms with Gasteiger partial charge in [0.25, 0.3) is 0 Å². The summed E-state index contributed by atoms with van der Waals surface area (Å²) in [4.78, 5) is 21.2. The number of hydrogen-bond donors (Lipinski definition) is 1. The molecule has 0 amide bonds. The van der Waals surface area contributed by atoms with Gasteiger partial charge in [0.05, 0.1) is 0 Å². The third-order valence-electron chi connectivity index (χ3n) is 3.50. The highest BCUT2D eigenvalue weighted by atomic mass is 15.3. The molecule has 0 saturated carbocycles. The van der Waals surface area contributed by atoms with E-state index in [-0.39, 0.29) is 5.95 Å². The molecule has 0 aliphatic carbocycles. The van der Waals surface area contributed by atoms with Crippen molar-refractivity contribution in [2.75, 3.05) is 35.7 Å². The highest BCUT2D eigenvalue weighted by Gasteiger charge is 2.18. The van der Waals surface area contributed by atoms with Gasteiger partial charge < -0.3 is 15.5 Å². The molecule has 7 nitrogen and oxygen atoms in total. The molecule has 1 aliphatic rings. The smallest absolute Gasteiger partial charge is 0.231 e. The average molecular weight is 285 g/mol. The lowest BCUT2D eigenvalue weighted by atomic mass is 10.3. The fraction of sp³-hybridized carbons (Fsp3) is 0.429. The first-order valence-corrected chi connectivity index (χ1v) is 7.09. The van der Waals surface area contributed by atoms with Crippen LogP contribution in [0.2, 0.25) is 0 Å². The van der Waals surface area contributed by atoms with Gasteiger partial charge in [-0.25, -0.2) is 0 Å². The molecule has 7 heteroatoms. The third kappa shape index (κ3) is 3.18. The molecular formula is C14H19N7. The quantitative estimate of drug-likeness (QED) is 0.900. The molecular weight excluding hydrogens is 266 g/mol. The van der Waals surface area contributed by atoms with Crippen LogP contribution in [0.3, 0.4) is 0 Å². The number of pyridine rings is 1. The normalized spacial score (nSPS) is 14.4. The number of nitrogens with zero attached hydrogens (tertiary/aromatic N) is 6. The van der Waals surface area contributed by atoms with Crippen molar-refractivity contribution in [3.8, 4) is 0 Å². The predicted octanol–water partition coefficient (Wildman–Crippen LogP) is 1.09. The molecule has 0 radical (unpaired) electrons. The number of rotatable bonds is 4. The summed E-state index contributed by atoms with van der Waals surface area (Å²) < 4.78 is 0. The van der Waals surface area contributed by atoms with Crippen molar-refractivity contribution >= 4 is 17.8 Å². The molecule has 0 aromatic carbocycles. The van der Waals surface area contributed by atoms with Crippen molar-refractivity contribution in [1.82, 2.24) is 19.9 Å². The lowest BCUT2D eigenvalue weighted by Crippen LogP contribution is -2.25. The van der Waals surface area contributed by atoms with E-state index in [4.69, 9.17) is 5.73 Å². The summed E-state index contributed by atoms with van der Waals surface area (Å²) in [6.45, 7) is 2.64. The molecule has 0 unspecified atom stereocenters. The maximum atomic E-state index is 5.83. The van der Waals surface area contributed by atoms with Crippen molar-refractivity contribution in [1.29, 1.82) is 0 Å². The summed E-state index contributed by atoms with van der Waals surface area (Å²) in [6, 6.07) is 3.94. The second kappa shape index (κ2) is 5.90. The van der Waals surface area contributed by atoms with Gasteiger partial charge in [-0.05, 0) is 24.5 Å². The van der Waals surface area contributed by atoms with Gasteiger partial charge in [-0.3, -0.25) is 4.98 Å². The molecule has 0 atom stereocenters.